The Morgan fingerprint density at radius 3 is 1.45 bits per heavy atom. The SMILES string of the molecule is Oc1c(O)c(O)c(-c2c3ccccc3c(-c3cc4ccccc4c4c3C=CCC=C4)c3ccccc23)c(O)c1O. The van der Waals surface area contributed by atoms with Gasteiger partial charge in [-0.25, -0.2) is 0 Å². The van der Waals surface area contributed by atoms with Crippen LogP contribution in [0.2, 0.25) is 0 Å². The average molecular weight is 525 g/mol. The number of phenolic OH excluding ortho intramolecular Hbond substituents is 5. The molecule has 0 unspecified atom stereocenters. The van der Waals surface area contributed by atoms with Gasteiger partial charge in [-0.2, -0.15) is 0 Å². The van der Waals surface area contributed by atoms with E-state index in [0.29, 0.717) is 16.3 Å². The summed E-state index contributed by atoms with van der Waals surface area (Å²) < 4.78 is 0. The van der Waals surface area contributed by atoms with E-state index >= 15 is 0 Å². The summed E-state index contributed by atoms with van der Waals surface area (Å²) in [6.07, 6.45) is 9.49. The summed E-state index contributed by atoms with van der Waals surface area (Å²) in [7, 11) is 0. The maximum absolute atomic E-state index is 11.0. The van der Waals surface area contributed by atoms with E-state index in [1.165, 1.54) is 5.39 Å². The maximum Gasteiger partial charge on any atom is 0.208 e. The first kappa shape index (κ1) is 23.7. The van der Waals surface area contributed by atoms with Gasteiger partial charge in [-0.1, -0.05) is 97.1 Å². The molecule has 0 saturated carbocycles. The van der Waals surface area contributed by atoms with E-state index < -0.39 is 28.7 Å². The predicted octanol–water partition coefficient (Wildman–Crippen LogP) is 8.44. The van der Waals surface area contributed by atoms with E-state index in [2.05, 4.69) is 42.5 Å². The van der Waals surface area contributed by atoms with Crippen molar-refractivity contribution in [2.24, 2.45) is 0 Å². The van der Waals surface area contributed by atoms with Gasteiger partial charge in [-0.3, -0.25) is 0 Å². The molecule has 0 bridgehead atoms. The highest BCUT2D eigenvalue weighted by Crippen LogP contribution is 2.58. The molecule has 0 fully saturated rings. The summed E-state index contributed by atoms with van der Waals surface area (Å²) in [6.45, 7) is 0. The van der Waals surface area contributed by atoms with E-state index in [1.54, 1.807) is 0 Å². The maximum atomic E-state index is 11.0. The molecular formula is C35H24O5. The number of hydrogen-bond acceptors (Lipinski definition) is 5. The number of phenols is 5. The van der Waals surface area contributed by atoms with Crippen LogP contribution in [-0.4, -0.2) is 25.5 Å². The zero-order chi connectivity index (χ0) is 27.5. The van der Waals surface area contributed by atoms with Crippen molar-refractivity contribution < 1.29 is 25.5 Å². The zero-order valence-corrected chi connectivity index (χ0v) is 21.3. The number of benzene rings is 6. The fourth-order valence-corrected chi connectivity index (χ4v) is 6.02. The van der Waals surface area contributed by atoms with Crippen LogP contribution in [0.25, 0.3) is 66.7 Å². The van der Waals surface area contributed by atoms with Gasteiger partial charge in [0.1, 0.15) is 0 Å². The molecule has 0 spiro atoms. The quantitative estimate of drug-likeness (QED) is 0.0889. The third-order valence-corrected chi connectivity index (χ3v) is 7.79. The third kappa shape index (κ3) is 3.28. The molecule has 0 aromatic heterocycles. The first-order chi connectivity index (χ1) is 19.5. The molecule has 1 aliphatic rings. The van der Waals surface area contributed by atoms with Crippen molar-refractivity contribution in [2.45, 2.75) is 6.42 Å². The van der Waals surface area contributed by atoms with Crippen LogP contribution in [-0.2, 0) is 0 Å². The molecule has 40 heavy (non-hydrogen) atoms. The fourth-order valence-electron chi connectivity index (χ4n) is 6.02. The lowest BCUT2D eigenvalue weighted by atomic mass is 9.82. The average Bonchev–Trinajstić information content (AvgIpc) is 3.25. The molecule has 6 aromatic rings. The summed E-state index contributed by atoms with van der Waals surface area (Å²) in [5.74, 6) is -4.23. The van der Waals surface area contributed by atoms with Gasteiger partial charge in [-0.15, -0.1) is 0 Å². The Labute approximate surface area is 229 Å². The minimum atomic E-state index is -0.984. The molecule has 0 saturated heterocycles. The van der Waals surface area contributed by atoms with Gasteiger partial charge in [0, 0.05) is 5.56 Å². The van der Waals surface area contributed by atoms with Crippen molar-refractivity contribution in [3.8, 4) is 51.0 Å². The Morgan fingerprint density at radius 1 is 0.425 bits per heavy atom. The highest BCUT2D eigenvalue weighted by Gasteiger charge is 2.28. The monoisotopic (exact) mass is 524 g/mol. The highest BCUT2D eigenvalue weighted by molar-refractivity contribution is 6.24. The van der Waals surface area contributed by atoms with E-state index in [1.807, 2.05) is 60.7 Å². The molecule has 0 aliphatic heterocycles. The summed E-state index contributed by atoms with van der Waals surface area (Å²) in [5, 5.41) is 58.2. The van der Waals surface area contributed by atoms with Gasteiger partial charge in [-0.05, 0) is 67.1 Å². The van der Waals surface area contributed by atoms with Gasteiger partial charge in [0.25, 0.3) is 0 Å². The topological polar surface area (TPSA) is 101 Å². The van der Waals surface area contributed by atoms with Gasteiger partial charge in [0.05, 0.1) is 5.56 Å². The van der Waals surface area contributed by atoms with Gasteiger partial charge in [0.2, 0.25) is 17.2 Å². The number of rotatable bonds is 2. The van der Waals surface area contributed by atoms with Crippen molar-refractivity contribution in [3.05, 3.63) is 102 Å². The fraction of sp³-hybridized carbons (Fsp3) is 0.0286. The predicted molar refractivity (Wildman–Crippen MR) is 161 cm³/mol. The lowest BCUT2D eigenvalue weighted by Gasteiger charge is -2.21. The van der Waals surface area contributed by atoms with Gasteiger partial charge in [0.15, 0.2) is 11.5 Å². The molecule has 5 N–H and O–H groups in total. The molecule has 5 nitrogen and oxygen atoms in total. The molecular weight excluding hydrogens is 500 g/mol. The Balaban J connectivity index is 1.70. The van der Waals surface area contributed by atoms with Crippen LogP contribution in [0.4, 0.5) is 0 Å². The van der Waals surface area contributed by atoms with Crippen molar-refractivity contribution in [2.75, 3.05) is 0 Å². The van der Waals surface area contributed by atoms with Crippen molar-refractivity contribution in [3.63, 3.8) is 0 Å². The van der Waals surface area contributed by atoms with E-state index in [4.69, 9.17) is 0 Å². The third-order valence-electron chi connectivity index (χ3n) is 7.79. The van der Waals surface area contributed by atoms with Crippen LogP contribution in [0.3, 0.4) is 0 Å². The van der Waals surface area contributed by atoms with Gasteiger partial charge < -0.3 is 25.5 Å². The smallest absolute Gasteiger partial charge is 0.208 e. The Bertz CT molecular complexity index is 2000. The van der Waals surface area contributed by atoms with Crippen LogP contribution >= 0.6 is 0 Å². The Kier molecular flexibility index (Phi) is 5.22. The van der Waals surface area contributed by atoms with Crippen LogP contribution in [0.1, 0.15) is 17.5 Å². The first-order valence-electron chi connectivity index (χ1n) is 13.0. The van der Waals surface area contributed by atoms with Crippen LogP contribution in [0.15, 0.2) is 91.0 Å². The second-order valence-electron chi connectivity index (χ2n) is 9.97. The van der Waals surface area contributed by atoms with E-state index in [-0.39, 0.29) is 5.56 Å². The van der Waals surface area contributed by atoms with Crippen LogP contribution in [0, 0.1) is 0 Å². The molecule has 7 rings (SSSR count). The van der Waals surface area contributed by atoms with Crippen molar-refractivity contribution in [1.29, 1.82) is 0 Å². The van der Waals surface area contributed by atoms with Crippen molar-refractivity contribution in [1.82, 2.24) is 0 Å². The molecule has 1 aliphatic carbocycles. The number of hydrogen-bond donors (Lipinski definition) is 5. The lowest BCUT2D eigenvalue weighted by Crippen LogP contribution is -1.95. The van der Waals surface area contributed by atoms with Gasteiger partial charge >= 0.3 is 0 Å². The van der Waals surface area contributed by atoms with Crippen molar-refractivity contribution >= 4 is 44.5 Å². The summed E-state index contributed by atoms with van der Waals surface area (Å²) in [5.41, 5.74) is 4.54. The first-order valence-corrected chi connectivity index (χ1v) is 13.0. The number of fused-ring (bicyclic) bond motifs is 5. The minimum absolute atomic E-state index is 0.160. The highest BCUT2D eigenvalue weighted by atomic mass is 16.4. The molecule has 0 atom stereocenters. The second-order valence-corrected chi connectivity index (χ2v) is 9.97. The summed E-state index contributed by atoms with van der Waals surface area (Å²) in [6, 6.07) is 25.9. The number of aromatic hydroxyl groups is 5. The standard InChI is InChI=1S/C35H24O5/c36-31-30(32(37)34(39)35(40)33(31)38)29-25-16-8-6-14-23(25)28(24-15-7-9-17-26(24)29)27-18-19-10-4-5-11-20(19)21-12-2-1-3-13-22(21)27/h2-18,36-40H,1H2. The zero-order valence-electron chi connectivity index (χ0n) is 21.3. The largest absolute Gasteiger partial charge is 0.504 e. The summed E-state index contributed by atoms with van der Waals surface area (Å²) in [4.78, 5) is 0. The molecule has 194 valence electrons. The van der Waals surface area contributed by atoms with Crippen LogP contribution < -0.4 is 0 Å². The molecule has 0 radical (unpaired) electrons. The van der Waals surface area contributed by atoms with E-state index in [0.717, 1.165) is 44.8 Å². The lowest BCUT2D eigenvalue weighted by molar-refractivity contribution is 0.330. The Morgan fingerprint density at radius 2 is 0.875 bits per heavy atom. The molecule has 0 heterocycles. The number of allylic oxidation sites excluding steroid dienone is 2. The molecule has 6 aromatic carbocycles. The van der Waals surface area contributed by atoms with E-state index in [9.17, 15) is 25.5 Å². The second kappa shape index (κ2) is 8.82. The van der Waals surface area contributed by atoms with Crippen LogP contribution in [0.5, 0.6) is 28.7 Å². The normalized spacial score (nSPS) is 12.7. The molecule has 5 heteroatoms. The minimum Gasteiger partial charge on any atom is -0.504 e. The summed E-state index contributed by atoms with van der Waals surface area (Å²) >= 11 is 0. The molecule has 0 amide bonds. The Hall–Kier alpha value is -5.42.